The average Bonchev–Trinajstić information content (AvgIpc) is 2.73. The average molecular weight is 443 g/mol. The zero-order valence-corrected chi connectivity index (χ0v) is 18.5. The number of aryl methyl sites for hydroxylation is 2. The standard InChI is InChI=1S/C20H30N2O5S2/c1-2-28(24,25)14-11-21-20(23)17-9-12-22(13-10-17)29(26,27)19-8-7-16-5-3-4-6-18(16)15-19/h7-8,15,17H,2-6,9-14H2,1H3,(H,21,23). The molecule has 1 aromatic carbocycles. The van der Waals surface area contributed by atoms with Crippen molar-refractivity contribution in [3.05, 3.63) is 29.3 Å². The molecular formula is C20H30N2O5S2. The number of nitrogens with one attached hydrogen (secondary N) is 1. The lowest BCUT2D eigenvalue weighted by Gasteiger charge is -2.31. The van der Waals surface area contributed by atoms with Gasteiger partial charge in [-0.25, -0.2) is 16.8 Å². The Kier molecular flexibility index (Phi) is 7.01. The van der Waals surface area contributed by atoms with E-state index in [0.717, 1.165) is 31.2 Å². The lowest BCUT2D eigenvalue weighted by molar-refractivity contribution is -0.125. The zero-order valence-electron chi connectivity index (χ0n) is 16.9. The molecule has 0 bridgehead atoms. The number of rotatable bonds is 7. The topological polar surface area (TPSA) is 101 Å². The summed E-state index contributed by atoms with van der Waals surface area (Å²) in [5.41, 5.74) is 2.38. The van der Waals surface area contributed by atoms with Gasteiger partial charge < -0.3 is 5.32 Å². The van der Waals surface area contributed by atoms with Crippen LogP contribution in [0.15, 0.2) is 23.1 Å². The Balaban J connectivity index is 1.56. The molecule has 0 spiro atoms. The summed E-state index contributed by atoms with van der Waals surface area (Å²) in [6.45, 7) is 2.27. The number of carbonyl (C=O) groups excluding carboxylic acids is 1. The first-order valence-corrected chi connectivity index (χ1v) is 13.6. The number of sulfonamides is 1. The summed E-state index contributed by atoms with van der Waals surface area (Å²) in [5, 5.41) is 2.68. The van der Waals surface area contributed by atoms with Crippen LogP contribution in [0.2, 0.25) is 0 Å². The number of sulfone groups is 1. The third-order valence-electron chi connectivity index (χ3n) is 5.93. The molecule has 2 aliphatic rings. The molecule has 9 heteroatoms. The number of nitrogens with zero attached hydrogens (tertiary/aromatic N) is 1. The van der Waals surface area contributed by atoms with Gasteiger partial charge in [0.25, 0.3) is 0 Å². The molecule has 1 aliphatic carbocycles. The third-order valence-corrected chi connectivity index (χ3v) is 9.53. The molecule has 7 nitrogen and oxygen atoms in total. The van der Waals surface area contributed by atoms with Crippen molar-refractivity contribution in [3.8, 4) is 0 Å². The van der Waals surface area contributed by atoms with E-state index in [-0.39, 0.29) is 29.9 Å². The summed E-state index contributed by atoms with van der Waals surface area (Å²) in [5.74, 6) is -0.487. The van der Waals surface area contributed by atoms with Crippen LogP contribution in [-0.2, 0) is 37.5 Å². The first-order chi connectivity index (χ1) is 13.7. The van der Waals surface area contributed by atoms with Crippen LogP contribution in [-0.4, -0.2) is 58.2 Å². The van der Waals surface area contributed by atoms with E-state index in [1.165, 1.54) is 9.87 Å². The van der Waals surface area contributed by atoms with Crippen LogP contribution in [0.3, 0.4) is 0 Å². The second kappa shape index (κ2) is 9.14. The summed E-state index contributed by atoms with van der Waals surface area (Å²) in [6.07, 6.45) is 5.06. The highest BCUT2D eigenvalue weighted by molar-refractivity contribution is 7.91. The van der Waals surface area contributed by atoms with E-state index in [2.05, 4.69) is 5.32 Å². The highest BCUT2D eigenvalue weighted by atomic mass is 32.2. The van der Waals surface area contributed by atoms with Gasteiger partial charge in [-0.2, -0.15) is 4.31 Å². The van der Waals surface area contributed by atoms with Gasteiger partial charge in [0, 0.05) is 31.3 Å². The van der Waals surface area contributed by atoms with Gasteiger partial charge in [0.15, 0.2) is 9.84 Å². The second-order valence-corrected chi connectivity index (χ2v) is 12.3. The van der Waals surface area contributed by atoms with E-state index >= 15 is 0 Å². The fourth-order valence-electron chi connectivity index (χ4n) is 4.00. The summed E-state index contributed by atoms with van der Waals surface area (Å²) < 4.78 is 50.5. The maximum absolute atomic E-state index is 13.0. The summed E-state index contributed by atoms with van der Waals surface area (Å²) in [4.78, 5) is 12.6. The fourth-order valence-corrected chi connectivity index (χ4v) is 6.22. The predicted octanol–water partition coefficient (Wildman–Crippen LogP) is 1.52. The number of amides is 1. The molecule has 0 unspecified atom stereocenters. The molecule has 1 N–H and O–H groups in total. The minimum atomic E-state index is -3.56. The molecule has 1 saturated heterocycles. The molecule has 162 valence electrons. The Bertz CT molecular complexity index is 949. The van der Waals surface area contributed by atoms with Crippen molar-refractivity contribution in [2.45, 2.75) is 50.3 Å². The summed E-state index contributed by atoms with van der Waals surface area (Å²) in [6, 6.07) is 5.45. The maximum atomic E-state index is 13.0. The number of carbonyl (C=O) groups is 1. The zero-order chi connectivity index (χ0) is 21.1. The molecule has 1 aliphatic heterocycles. The highest BCUT2D eigenvalue weighted by Gasteiger charge is 2.32. The van der Waals surface area contributed by atoms with Gasteiger partial charge in [-0.1, -0.05) is 13.0 Å². The minimum absolute atomic E-state index is 0.0574. The molecule has 0 aromatic heterocycles. The Morgan fingerprint density at radius 3 is 2.38 bits per heavy atom. The largest absolute Gasteiger partial charge is 0.355 e. The first kappa shape index (κ1) is 22.2. The van der Waals surface area contributed by atoms with E-state index in [1.807, 2.05) is 12.1 Å². The molecule has 1 amide bonds. The molecule has 1 heterocycles. The van der Waals surface area contributed by atoms with Crippen molar-refractivity contribution in [1.82, 2.24) is 9.62 Å². The number of hydrogen-bond donors (Lipinski definition) is 1. The summed E-state index contributed by atoms with van der Waals surface area (Å²) in [7, 11) is -6.68. The second-order valence-electron chi connectivity index (χ2n) is 7.84. The van der Waals surface area contributed by atoms with E-state index in [9.17, 15) is 21.6 Å². The van der Waals surface area contributed by atoms with Crippen LogP contribution in [0.25, 0.3) is 0 Å². The number of benzene rings is 1. The minimum Gasteiger partial charge on any atom is -0.355 e. The number of piperidine rings is 1. The molecule has 1 aromatic rings. The first-order valence-electron chi connectivity index (χ1n) is 10.3. The Labute approximate surface area is 173 Å². The van der Waals surface area contributed by atoms with Crippen LogP contribution in [0.4, 0.5) is 0 Å². The van der Waals surface area contributed by atoms with Crippen LogP contribution < -0.4 is 5.32 Å². The number of hydrogen-bond acceptors (Lipinski definition) is 5. The van der Waals surface area contributed by atoms with E-state index in [4.69, 9.17) is 0 Å². The Hall–Kier alpha value is -1.45. The SMILES string of the molecule is CCS(=O)(=O)CCNC(=O)C1CCN(S(=O)(=O)c2ccc3c(c2)CCCC3)CC1. The van der Waals surface area contributed by atoms with Gasteiger partial charge in [0.2, 0.25) is 15.9 Å². The quantitative estimate of drug-likeness (QED) is 0.690. The van der Waals surface area contributed by atoms with Crippen LogP contribution in [0.1, 0.15) is 43.7 Å². The van der Waals surface area contributed by atoms with Gasteiger partial charge in [0.05, 0.1) is 10.6 Å². The highest BCUT2D eigenvalue weighted by Crippen LogP contribution is 2.28. The van der Waals surface area contributed by atoms with Crippen molar-refractivity contribution < 1.29 is 21.6 Å². The monoisotopic (exact) mass is 442 g/mol. The van der Waals surface area contributed by atoms with Gasteiger partial charge in [0.1, 0.15) is 0 Å². The van der Waals surface area contributed by atoms with Crippen LogP contribution in [0, 0.1) is 5.92 Å². The van der Waals surface area contributed by atoms with Crippen molar-refractivity contribution in [1.29, 1.82) is 0 Å². The van der Waals surface area contributed by atoms with E-state index in [1.54, 1.807) is 13.0 Å². The smallest absolute Gasteiger partial charge is 0.243 e. The Morgan fingerprint density at radius 2 is 1.72 bits per heavy atom. The van der Waals surface area contributed by atoms with Crippen molar-refractivity contribution in [3.63, 3.8) is 0 Å². The predicted molar refractivity (Wildman–Crippen MR) is 112 cm³/mol. The lowest BCUT2D eigenvalue weighted by Crippen LogP contribution is -2.43. The summed E-state index contributed by atoms with van der Waals surface area (Å²) >= 11 is 0. The molecule has 0 saturated carbocycles. The van der Waals surface area contributed by atoms with Crippen molar-refractivity contribution in [2.24, 2.45) is 5.92 Å². The normalized spacial score (nSPS) is 18.9. The molecular weight excluding hydrogens is 412 g/mol. The van der Waals surface area contributed by atoms with E-state index < -0.39 is 19.9 Å². The molecule has 3 rings (SSSR count). The van der Waals surface area contributed by atoms with Crippen molar-refractivity contribution >= 4 is 25.8 Å². The molecule has 0 radical (unpaired) electrons. The number of fused-ring (bicyclic) bond motifs is 1. The van der Waals surface area contributed by atoms with Gasteiger partial charge in [-0.3, -0.25) is 4.79 Å². The van der Waals surface area contributed by atoms with Gasteiger partial charge in [-0.15, -0.1) is 0 Å². The Morgan fingerprint density at radius 1 is 1.07 bits per heavy atom. The van der Waals surface area contributed by atoms with Crippen LogP contribution >= 0.6 is 0 Å². The van der Waals surface area contributed by atoms with Gasteiger partial charge in [-0.05, 0) is 61.8 Å². The van der Waals surface area contributed by atoms with Crippen molar-refractivity contribution in [2.75, 3.05) is 31.1 Å². The molecule has 29 heavy (non-hydrogen) atoms. The van der Waals surface area contributed by atoms with Crippen LogP contribution in [0.5, 0.6) is 0 Å². The molecule has 1 fully saturated rings. The van der Waals surface area contributed by atoms with E-state index in [0.29, 0.717) is 30.8 Å². The third kappa shape index (κ3) is 5.38. The van der Waals surface area contributed by atoms with Gasteiger partial charge >= 0.3 is 0 Å². The lowest BCUT2D eigenvalue weighted by atomic mass is 9.92. The maximum Gasteiger partial charge on any atom is 0.243 e. The molecule has 0 atom stereocenters. The fraction of sp³-hybridized carbons (Fsp3) is 0.650.